The Bertz CT molecular complexity index is 1040. The number of hydrogen-bond acceptors (Lipinski definition) is 6. The normalized spacial score (nSPS) is 19.1. The van der Waals surface area contributed by atoms with Crippen molar-refractivity contribution in [2.45, 2.75) is 78.0 Å². The van der Waals surface area contributed by atoms with Gasteiger partial charge in [-0.1, -0.05) is 24.3 Å². The molecule has 6 heteroatoms. The molecular weight excluding hydrogens is 452 g/mol. The molecule has 0 radical (unpaired) electrons. The molecule has 1 atom stereocenters. The van der Waals surface area contributed by atoms with Gasteiger partial charge in [0, 0.05) is 25.6 Å². The van der Waals surface area contributed by atoms with E-state index in [0.717, 1.165) is 63.3 Å². The minimum atomic E-state index is -0.464. The number of nitrogens with zero attached hydrogens (tertiary/aromatic N) is 2. The zero-order valence-electron chi connectivity index (χ0n) is 22.4. The molecule has 0 bridgehead atoms. The molecule has 2 fully saturated rings. The average molecular weight is 495 g/mol. The summed E-state index contributed by atoms with van der Waals surface area (Å²) in [5.74, 6) is 0.874. The van der Waals surface area contributed by atoms with E-state index < -0.39 is 5.60 Å². The first-order valence-electron chi connectivity index (χ1n) is 13.4. The Kier molecular flexibility index (Phi) is 8.58. The maximum Gasteiger partial charge on any atom is 0.323 e. The lowest BCUT2D eigenvalue weighted by atomic mass is 9.99. The number of carbonyl (C=O) groups is 1. The summed E-state index contributed by atoms with van der Waals surface area (Å²) in [7, 11) is 0. The third kappa shape index (κ3) is 7.23. The van der Waals surface area contributed by atoms with Gasteiger partial charge in [0.15, 0.2) is 0 Å². The van der Waals surface area contributed by atoms with E-state index in [4.69, 9.17) is 9.47 Å². The summed E-state index contributed by atoms with van der Waals surface area (Å²) in [6.07, 6.45) is 5.15. The van der Waals surface area contributed by atoms with Crippen molar-refractivity contribution < 1.29 is 19.4 Å². The topological polar surface area (TPSA) is 62.2 Å². The van der Waals surface area contributed by atoms with E-state index >= 15 is 0 Å². The Hall–Kier alpha value is -2.57. The van der Waals surface area contributed by atoms with Crippen LogP contribution in [-0.2, 0) is 22.5 Å². The lowest BCUT2D eigenvalue weighted by Crippen LogP contribution is -2.40. The summed E-state index contributed by atoms with van der Waals surface area (Å²) in [6, 6.07) is 11.8. The number of hydrogen-bond donors (Lipinski definition) is 1. The number of benzene rings is 2. The molecule has 0 unspecified atom stereocenters. The van der Waals surface area contributed by atoms with Gasteiger partial charge in [0.2, 0.25) is 0 Å². The summed E-state index contributed by atoms with van der Waals surface area (Å²) in [5.41, 5.74) is 4.27. The van der Waals surface area contributed by atoms with Crippen LogP contribution in [0.4, 0.5) is 0 Å². The van der Waals surface area contributed by atoms with Crippen molar-refractivity contribution in [3.05, 3.63) is 58.7 Å². The van der Waals surface area contributed by atoms with Gasteiger partial charge in [-0.05, 0) is 101 Å². The molecule has 36 heavy (non-hydrogen) atoms. The highest BCUT2D eigenvalue weighted by atomic mass is 16.6. The smallest absolute Gasteiger partial charge is 0.323 e. The number of carbonyl (C=O) groups excluding carboxylic acids is 1. The average Bonchev–Trinajstić information content (AvgIpc) is 3.48. The van der Waals surface area contributed by atoms with Gasteiger partial charge in [0.05, 0.1) is 0 Å². The zero-order valence-corrected chi connectivity index (χ0v) is 22.4. The van der Waals surface area contributed by atoms with Crippen LogP contribution in [0.5, 0.6) is 11.5 Å². The van der Waals surface area contributed by atoms with E-state index in [0.29, 0.717) is 6.61 Å². The standard InChI is InChI=1S/C30H42N2O4/c1-22-18-23(9-10-25(22)21-32-15-7-8-27(32)29(34)36-30(2,3)4)19-24-11-12-26(33)20-28(24)35-17-16-31-13-5-6-14-31/h9-12,18,20,27,33H,5-8,13-17,19,21H2,1-4H3/t27-/m0/s1. The molecule has 2 saturated heterocycles. The number of rotatable bonds is 9. The number of aryl methyl sites for hydroxylation is 1. The molecule has 2 aliphatic heterocycles. The Morgan fingerprint density at radius 3 is 2.50 bits per heavy atom. The number of aromatic hydroxyl groups is 1. The molecule has 2 aromatic rings. The summed E-state index contributed by atoms with van der Waals surface area (Å²) >= 11 is 0. The molecular formula is C30H42N2O4. The molecule has 6 nitrogen and oxygen atoms in total. The first kappa shape index (κ1) is 26.5. The van der Waals surface area contributed by atoms with E-state index in [1.165, 1.54) is 29.5 Å². The van der Waals surface area contributed by atoms with Gasteiger partial charge in [-0.3, -0.25) is 14.6 Å². The second-order valence-electron chi connectivity index (χ2n) is 11.3. The number of likely N-dealkylation sites (tertiary alicyclic amines) is 2. The molecule has 2 aromatic carbocycles. The fourth-order valence-electron chi connectivity index (χ4n) is 5.25. The van der Waals surface area contributed by atoms with Crippen molar-refractivity contribution in [1.82, 2.24) is 9.80 Å². The first-order valence-corrected chi connectivity index (χ1v) is 13.4. The van der Waals surface area contributed by atoms with Gasteiger partial charge in [-0.15, -0.1) is 0 Å². The van der Waals surface area contributed by atoms with Crippen LogP contribution in [0.15, 0.2) is 36.4 Å². The summed E-state index contributed by atoms with van der Waals surface area (Å²) in [4.78, 5) is 17.4. The molecule has 2 heterocycles. The van der Waals surface area contributed by atoms with E-state index in [9.17, 15) is 9.90 Å². The second-order valence-corrected chi connectivity index (χ2v) is 11.3. The van der Waals surface area contributed by atoms with Crippen LogP contribution in [0.1, 0.15) is 68.7 Å². The van der Waals surface area contributed by atoms with E-state index in [1.807, 2.05) is 26.8 Å². The minimum absolute atomic E-state index is 0.112. The van der Waals surface area contributed by atoms with E-state index in [1.54, 1.807) is 12.1 Å². The highest BCUT2D eigenvalue weighted by Gasteiger charge is 2.34. The Balaban J connectivity index is 1.39. The maximum atomic E-state index is 12.7. The van der Waals surface area contributed by atoms with Gasteiger partial charge in [-0.2, -0.15) is 0 Å². The summed E-state index contributed by atoms with van der Waals surface area (Å²) in [5, 5.41) is 10.0. The molecule has 4 rings (SSSR count). The van der Waals surface area contributed by atoms with Gasteiger partial charge in [0.1, 0.15) is 29.7 Å². The molecule has 0 spiro atoms. The first-order chi connectivity index (χ1) is 17.2. The highest BCUT2D eigenvalue weighted by molar-refractivity contribution is 5.76. The van der Waals surface area contributed by atoms with Crippen molar-refractivity contribution in [2.75, 3.05) is 32.8 Å². The van der Waals surface area contributed by atoms with Crippen molar-refractivity contribution in [1.29, 1.82) is 0 Å². The molecule has 0 saturated carbocycles. The van der Waals surface area contributed by atoms with E-state index in [-0.39, 0.29) is 17.8 Å². The lowest BCUT2D eigenvalue weighted by molar-refractivity contribution is -0.160. The van der Waals surface area contributed by atoms with Crippen LogP contribution in [0.25, 0.3) is 0 Å². The van der Waals surface area contributed by atoms with Crippen LogP contribution in [-0.4, -0.2) is 65.3 Å². The Morgan fingerprint density at radius 2 is 1.78 bits per heavy atom. The lowest BCUT2D eigenvalue weighted by Gasteiger charge is -2.27. The van der Waals surface area contributed by atoms with Crippen LogP contribution in [0, 0.1) is 6.92 Å². The van der Waals surface area contributed by atoms with Crippen LogP contribution >= 0.6 is 0 Å². The molecule has 0 aliphatic carbocycles. The Labute approximate surface area is 216 Å². The van der Waals surface area contributed by atoms with Crippen LogP contribution in [0.3, 0.4) is 0 Å². The number of esters is 1. The van der Waals surface area contributed by atoms with Gasteiger partial charge < -0.3 is 14.6 Å². The largest absolute Gasteiger partial charge is 0.508 e. The van der Waals surface area contributed by atoms with E-state index in [2.05, 4.69) is 34.9 Å². The monoisotopic (exact) mass is 494 g/mol. The molecule has 2 aliphatic rings. The second kappa shape index (κ2) is 11.7. The minimum Gasteiger partial charge on any atom is -0.508 e. The number of phenolic OH excluding ortho intramolecular Hbond substituents is 1. The van der Waals surface area contributed by atoms with Crippen molar-refractivity contribution in [3.8, 4) is 11.5 Å². The fourth-order valence-corrected chi connectivity index (χ4v) is 5.25. The molecule has 0 amide bonds. The third-order valence-electron chi connectivity index (χ3n) is 7.13. The van der Waals surface area contributed by atoms with Crippen LogP contribution < -0.4 is 4.74 Å². The SMILES string of the molecule is Cc1cc(Cc2ccc(O)cc2OCCN2CCCC2)ccc1CN1CCC[C@H]1C(=O)OC(C)(C)C. The third-order valence-corrected chi connectivity index (χ3v) is 7.13. The molecule has 196 valence electrons. The van der Waals surface area contributed by atoms with Crippen molar-refractivity contribution in [3.63, 3.8) is 0 Å². The van der Waals surface area contributed by atoms with Crippen LogP contribution in [0.2, 0.25) is 0 Å². The van der Waals surface area contributed by atoms with Crippen molar-refractivity contribution >= 4 is 5.97 Å². The summed E-state index contributed by atoms with van der Waals surface area (Å²) in [6.45, 7) is 13.4. The Morgan fingerprint density at radius 1 is 1.03 bits per heavy atom. The number of phenols is 1. The summed E-state index contributed by atoms with van der Waals surface area (Å²) < 4.78 is 11.8. The predicted molar refractivity (Wildman–Crippen MR) is 143 cm³/mol. The van der Waals surface area contributed by atoms with Gasteiger partial charge >= 0.3 is 5.97 Å². The number of ether oxygens (including phenoxy) is 2. The highest BCUT2D eigenvalue weighted by Crippen LogP contribution is 2.28. The molecule has 1 N–H and O–H groups in total. The maximum absolute atomic E-state index is 12.7. The quantitative estimate of drug-likeness (QED) is 0.491. The fraction of sp³-hybridized carbons (Fsp3) is 0.567. The van der Waals surface area contributed by atoms with Gasteiger partial charge in [0.25, 0.3) is 0 Å². The zero-order chi connectivity index (χ0) is 25.7. The predicted octanol–water partition coefficient (Wildman–Crippen LogP) is 5.07. The van der Waals surface area contributed by atoms with Gasteiger partial charge in [-0.25, -0.2) is 0 Å². The van der Waals surface area contributed by atoms with Crippen molar-refractivity contribution in [2.24, 2.45) is 0 Å². The molecule has 0 aromatic heterocycles.